The third-order valence-corrected chi connectivity index (χ3v) is 4.63. The number of aryl methyl sites for hydroxylation is 1. The number of ether oxygens (including phenoxy) is 1. The summed E-state index contributed by atoms with van der Waals surface area (Å²) in [6.07, 6.45) is 0. The first kappa shape index (κ1) is 14.9. The zero-order chi connectivity index (χ0) is 15.7. The molecule has 1 N–H and O–H groups in total. The van der Waals surface area contributed by atoms with E-state index in [0.717, 1.165) is 29.6 Å². The van der Waals surface area contributed by atoms with Crippen molar-refractivity contribution in [3.8, 4) is 5.75 Å². The molecule has 0 amide bonds. The summed E-state index contributed by atoms with van der Waals surface area (Å²) in [6.45, 7) is 6.25. The standard InChI is InChI=1S/C17H21N3OS/c1-12-4-9-16-13(2)20(11-10-19(12)16)17(22)18-14-5-7-15(21-3)8-6-14/h4-9,13H,10-11H2,1-3H3,(H,18,22)/t13-/m0/s1. The SMILES string of the molecule is COc1ccc(NC(=S)N2CCn3c(C)ccc3[C@@H]2C)cc1. The van der Waals surface area contributed by atoms with Gasteiger partial charge in [-0.1, -0.05) is 0 Å². The van der Waals surface area contributed by atoms with Gasteiger partial charge in [0, 0.05) is 30.2 Å². The van der Waals surface area contributed by atoms with Crippen LogP contribution in [0.3, 0.4) is 0 Å². The molecule has 2 heterocycles. The summed E-state index contributed by atoms with van der Waals surface area (Å²) in [7, 11) is 1.67. The van der Waals surface area contributed by atoms with E-state index in [2.05, 4.69) is 40.8 Å². The number of anilines is 1. The van der Waals surface area contributed by atoms with E-state index in [1.54, 1.807) is 7.11 Å². The lowest BCUT2D eigenvalue weighted by atomic mass is 10.1. The number of benzene rings is 1. The molecule has 1 aliphatic heterocycles. The summed E-state index contributed by atoms with van der Waals surface area (Å²) < 4.78 is 7.55. The predicted molar refractivity (Wildman–Crippen MR) is 93.5 cm³/mol. The van der Waals surface area contributed by atoms with Crippen molar-refractivity contribution < 1.29 is 4.74 Å². The van der Waals surface area contributed by atoms with Crippen molar-refractivity contribution in [2.45, 2.75) is 26.4 Å². The highest BCUT2D eigenvalue weighted by Gasteiger charge is 2.26. The van der Waals surface area contributed by atoms with Gasteiger partial charge in [-0.05, 0) is 62.5 Å². The molecule has 1 aliphatic rings. The number of rotatable bonds is 2. The van der Waals surface area contributed by atoms with E-state index in [0.29, 0.717) is 0 Å². The van der Waals surface area contributed by atoms with E-state index in [4.69, 9.17) is 17.0 Å². The number of nitrogens with zero attached hydrogens (tertiary/aromatic N) is 2. The third-order valence-electron chi connectivity index (χ3n) is 4.29. The number of hydrogen-bond donors (Lipinski definition) is 1. The Kier molecular flexibility index (Phi) is 4.07. The molecule has 0 fully saturated rings. The van der Waals surface area contributed by atoms with Gasteiger partial charge in [0.1, 0.15) is 5.75 Å². The van der Waals surface area contributed by atoms with Gasteiger partial charge in [0.05, 0.1) is 13.2 Å². The maximum Gasteiger partial charge on any atom is 0.174 e. The fourth-order valence-corrected chi connectivity index (χ4v) is 3.34. The number of aromatic nitrogens is 1. The summed E-state index contributed by atoms with van der Waals surface area (Å²) >= 11 is 5.60. The molecule has 3 rings (SSSR count). The van der Waals surface area contributed by atoms with Gasteiger partial charge in [-0.15, -0.1) is 0 Å². The van der Waals surface area contributed by atoms with Crippen LogP contribution < -0.4 is 10.1 Å². The van der Waals surface area contributed by atoms with Crippen LogP contribution in [0.5, 0.6) is 5.75 Å². The summed E-state index contributed by atoms with van der Waals surface area (Å²) in [6, 6.07) is 12.5. The molecule has 0 spiro atoms. The maximum absolute atomic E-state index is 5.60. The Balaban J connectivity index is 1.72. The molecule has 0 radical (unpaired) electrons. The average Bonchev–Trinajstić information content (AvgIpc) is 2.90. The highest BCUT2D eigenvalue weighted by molar-refractivity contribution is 7.80. The van der Waals surface area contributed by atoms with Crippen LogP contribution in [0.4, 0.5) is 5.69 Å². The van der Waals surface area contributed by atoms with Crippen LogP contribution in [0.2, 0.25) is 0 Å². The lowest BCUT2D eigenvalue weighted by Crippen LogP contribution is -2.43. The highest BCUT2D eigenvalue weighted by atomic mass is 32.1. The third kappa shape index (κ3) is 2.68. The molecule has 116 valence electrons. The normalized spacial score (nSPS) is 17.0. The largest absolute Gasteiger partial charge is 0.497 e. The minimum absolute atomic E-state index is 0.278. The van der Waals surface area contributed by atoms with E-state index >= 15 is 0 Å². The quantitative estimate of drug-likeness (QED) is 0.858. The van der Waals surface area contributed by atoms with Crippen LogP contribution >= 0.6 is 12.2 Å². The first-order valence-corrected chi connectivity index (χ1v) is 7.88. The van der Waals surface area contributed by atoms with Gasteiger partial charge in [-0.2, -0.15) is 0 Å². The fourth-order valence-electron chi connectivity index (χ4n) is 2.97. The molecule has 5 heteroatoms. The molecule has 0 unspecified atom stereocenters. The van der Waals surface area contributed by atoms with E-state index in [1.807, 2.05) is 24.3 Å². The summed E-state index contributed by atoms with van der Waals surface area (Å²) in [5.74, 6) is 0.844. The van der Waals surface area contributed by atoms with Crippen LogP contribution in [0.15, 0.2) is 36.4 Å². The Morgan fingerprint density at radius 1 is 1.18 bits per heavy atom. The Bertz CT molecular complexity index is 678. The molecule has 1 atom stereocenters. The zero-order valence-corrected chi connectivity index (χ0v) is 14.0. The molecule has 2 aromatic rings. The molecular formula is C17H21N3OS. The van der Waals surface area contributed by atoms with Crippen molar-refractivity contribution in [1.29, 1.82) is 0 Å². The molecule has 4 nitrogen and oxygen atoms in total. The smallest absolute Gasteiger partial charge is 0.174 e. The molecule has 1 aromatic heterocycles. The Hall–Kier alpha value is -2.01. The zero-order valence-electron chi connectivity index (χ0n) is 13.2. The molecule has 0 saturated heterocycles. The molecule has 1 aromatic carbocycles. The van der Waals surface area contributed by atoms with E-state index < -0.39 is 0 Å². The fraction of sp³-hybridized carbons (Fsp3) is 0.353. The summed E-state index contributed by atoms with van der Waals surface area (Å²) in [5.41, 5.74) is 3.62. The van der Waals surface area contributed by atoms with Crippen LogP contribution in [-0.4, -0.2) is 28.2 Å². The van der Waals surface area contributed by atoms with Crippen molar-refractivity contribution >= 4 is 23.0 Å². The predicted octanol–water partition coefficient (Wildman–Crippen LogP) is 3.58. The molecule has 0 bridgehead atoms. The van der Waals surface area contributed by atoms with Crippen molar-refractivity contribution in [3.63, 3.8) is 0 Å². The van der Waals surface area contributed by atoms with Crippen molar-refractivity contribution in [2.24, 2.45) is 0 Å². The van der Waals surface area contributed by atoms with Gasteiger partial charge in [0.2, 0.25) is 0 Å². The molecule has 0 aliphatic carbocycles. The number of thiocarbonyl (C=S) groups is 1. The highest BCUT2D eigenvalue weighted by Crippen LogP contribution is 2.28. The summed E-state index contributed by atoms with van der Waals surface area (Å²) in [4.78, 5) is 2.24. The monoisotopic (exact) mass is 315 g/mol. The second-order valence-electron chi connectivity index (χ2n) is 5.58. The van der Waals surface area contributed by atoms with Crippen LogP contribution in [0.25, 0.3) is 0 Å². The topological polar surface area (TPSA) is 29.4 Å². The van der Waals surface area contributed by atoms with Gasteiger partial charge in [0.15, 0.2) is 5.11 Å². The van der Waals surface area contributed by atoms with Crippen molar-refractivity contribution in [3.05, 3.63) is 47.8 Å². The van der Waals surface area contributed by atoms with Gasteiger partial charge >= 0.3 is 0 Å². The number of fused-ring (bicyclic) bond motifs is 1. The Morgan fingerprint density at radius 2 is 1.91 bits per heavy atom. The number of methoxy groups -OCH3 is 1. The van der Waals surface area contributed by atoms with E-state index in [9.17, 15) is 0 Å². The minimum Gasteiger partial charge on any atom is -0.497 e. The van der Waals surface area contributed by atoms with Gasteiger partial charge in [0.25, 0.3) is 0 Å². The lowest BCUT2D eigenvalue weighted by molar-refractivity contribution is 0.274. The van der Waals surface area contributed by atoms with Crippen LogP contribution in [-0.2, 0) is 6.54 Å². The average molecular weight is 315 g/mol. The summed E-state index contributed by atoms with van der Waals surface area (Å²) in [5, 5.41) is 4.09. The van der Waals surface area contributed by atoms with E-state index in [1.165, 1.54) is 11.4 Å². The maximum atomic E-state index is 5.60. The second kappa shape index (κ2) is 6.01. The first-order valence-electron chi connectivity index (χ1n) is 7.48. The minimum atomic E-state index is 0.278. The van der Waals surface area contributed by atoms with Crippen molar-refractivity contribution in [2.75, 3.05) is 19.0 Å². The van der Waals surface area contributed by atoms with Gasteiger partial charge in [-0.25, -0.2) is 0 Å². The van der Waals surface area contributed by atoms with Gasteiger partial charge < -0.3 is 19.5 Å². The number of nitrogens with one attached hydrogen (secondary N) is 1. The first-order chi connectivity index (χ1) is 10.6. The second-order valence-corrected chi connectivity index (χ2v) is 5.97. The molecular weight excluding hydrogens is 294 g/mol. The van der Waals surface area contributed by atoms with Gasteiger partial charge in [-0.3, -0.25) is 0 Å². The van der Waals surface area contributed by atoms with Crippen LogP contribution in [0, 0.1) is 6.92 Å². The van der Waals surface area contributed by atoms with Crippen LogP contribution in [0.1, 0.15) is 24.4 Å². The van der Waals surface area contributed by atoms with Crippen molar-refractivity contribution in [1.82, 2.24) is 9.47 Å². The Labute approximate surface area is 136 Å². The lowest BCUT2D eigenvalue weighted by Gasteiger charge is -2.37. The number of hydrogen-bond acceptors (Lipinski definition) is 2. The molecule has 22 heavy (non-hydrogen) atoms. The Morgan fingerprint density at radius 3 is 2.59 bits per heavy atom. The van der Waals surface area contributed by atoms with E-state index in [-0.39, 0.29) is 6.04 Å². The molecule has 0 saturated carbocycles.